The maximum absolute atomic E-state index is 10.9. The molecular weight excluding hydrogens is 186 g/mol. The molecule has 0 aromatic carbocycles. The van der Waals surface area contributed by atoms with Gasteiger partial charge in [-0.3, -0.25) is 10.1 Å². The maximum atomic E-state index is 10.9. The summed E-state index contributed by atoms with van der Waals surface area (Å²) in [6.45, 7) is 0.115. The topological polar surface area (TPSA) is 93.4 Å². The number of amides is 3. The van der Waals surface area contributed by atoms with Crippen molar-refractivity contribution in [1.82, 2.24) is 10.6 Å². The molecule has 1 saturated carbocycles. The van der Waals surface area contributed by atoms with Crippen molar-refractivity contribution < 1.29 is 14.3 Å². The molecule has 3 amide bonds. The van der Waals surface area contributed by atoms with Gasteiger partial charge >= 0.3 is 6.03 Å². The van der Waals surface area contributed by atoms with Crippen molar-refractivity contribution in [2.45, 2.75) is 25.0 Å². The largest absolute Gasteiger partial charge is 0.381 e. The highest BCUT2D eigenvalue weighted by Gasteiger charge is 2.28. The second kappa shape index (κ2) is 4.92. The highest BCUT2D eigenvalue weighted by atomic mass is 16.5. The SMILES string of the molecule is COC1CC(NCC(=O)NC(N)=O)C1. The first-order valence-corrected chi connectivity index (χ1v) is 4.47. The molecule has 14 heavy (non-hydrogen) atoms. The number of urea groups is 1. The third-order valence-electron chi connectivity index (χ3n) is 2.24. The summed E-state index contributed by atoms with van der Waals surface area (Å²) in [5.41, 5.74) is 4.77. The Morgan fingerprint density at radius 1 is 1.50 bits per heavy atom. The van der Waals surface area contributed by atoms with E-state index < -0.39 is 11.9 Å². The lowest BCUT2D eigenvalue weighted by molar-refractivity contribution is -0.119. The molecule has 0 aromatic rings. The number of carbonyl (C=O) groups excluding carboxylic acids is 2. The number of imide groups is 1. The van der Waals surface area contributed by atoms with Crippen molar-refractivity contribution in [1.29, 1.82) is 0 Å². The number of ether oxygens (including phenoxy) is 1. The van der Waals surface area contributed by atoms with E-state index in [2.05, 4.69) is 5.32 Å². The van der Waals surface area contributed by atoms with Crippen molar-refractivity contribution in [2.75, 3.05) is 13.7 Å². The summed E-state index contributed by atoms with van der Waals surface area (Å²) >= 11 is 0. The molecule has 0 atom stereocenters. The quantitative estimate of drug-likeness (QED) is 0.541. The van der Waals surface area contributed by atoms with Crippen molar-refractivity contribution >= 4 is 11.9 Å². The minimum absolute atomic E-state index is 0.115. The van der Waals surface area contributed by atoms with Crippen LogP contribution in [0, 0.1) is 0 Å². The van der Waals surface area contributed by atoms with Crippen LogP contribution in [0.5, 0.6) is 0 Å². The number of hydrogen-bond acceptors (Lipinski definition) is 4. The zero-order chi connectivity index (χ0) is 10.6. The molecule has 6 nitrogen and oxygen atoms in total. The minimum atomic E-state index is -0.819. The van der Waals surface area contributed by atoms with Crippen molar-refractivity contribution in [3.63, 3.8) is 0 Å². The zero-order valence-corrected chi connectivity index (χ0v) is 8.08. The Hall–Kier alpha value is -1.14. The van der Waals surface area contributed by atoms with E-state index in [1.165, 1.54) is 0 Å². The third-order valence-corrected chi connectivity index (χ3v) is 2.24. The standard InChI is InChI=1S/C8H15N3O3/c1-14-6-2-5(3-6)10-4-7(12)11-8(9)13/h5-6,10H,2-4H2,1H3,(H3,9,11,12,13). The van der Waals surface area contributed by atoms with Crippen LogP contribution in [-0.2, 0) is 9.53 Å². The van der Waals surface area contributed by atoms with Gasteiger partial charge < -0.3 is 15.8 Å². The summed E-state index contributed by atoms with van der Waals surface area (Å²) in [6, 6.07) is -0.515. The molecule has 0 heterocycles. The molecule has 1 aliphatic rings. The Bertz CT molecular complexity index is 226. The first kappa shape index (κ1) is 10.9. The Morgan fingerprint density at radius 3 is 2.64 bits per heavy atom. The van der Waals surface area contributed by atoms with Gasteiger partial charge in [0.15, 0.2) is 0 Å². The molecule has 0 spiro atoms. The lowest BCUT2D eigenvalue weighted by Crippen LogP contribution is -2.49. The smallest absolute Gasteiger partial charge is 0.318 e. The van der Waals surface area contributed by atoms with E-state index in [1.807, 2.05) is 5.32 Å². The van der Waals surface area contributed by atoms with Crippen LogP contribution in [0.25, 0.3) is 0 Å². The van der Waals surface area contributed by atoms with E-state index in [0.717, 1.165) is 12.8 Å². The van der Waals surface area contributed by atoms with Crippen molar-refractivity contribution in [3.05, 3.63) is 0 Å². The van der Waals surface area contributed by atoms with Gasteiger partial charge in [0.25, 0.3) is 0 Å². The van der Waals surface area contributed by atoms with Gasteiger partial charge in [-0.05, 0) is 12.8 Å². The Kier molecular flexibility index (Phi) is 3.84. The average Bonchev–Trinajstić information content (AvgIpc) is 2.00. The molecule has 6 heteroatoms. The van der Waals surface area contributed by atoms with E-state index in [-0.39, 0.29) is 6.54 Å². The van der Waals surface area contributed by atoms with Gasteiger partial charge in [0.05, 0.1) is 12.6 Å². The summed E-state index contributed by atoms with van der Waals surface area (Å²) in [7, 11) is 1.67. The fraction of sp³-hybridized carbons (Fsp3) is 0.750. The van der Waals surface area contributed by atoms with E-state index in [9.17, 15) is 9.59 Å². The summed E-state index contributed by atoms with van der Waals surface area (Å²) in [6.07, 6.45) is 2.10. The van der Waals surface area contributed by atoms with Gasteiger partial charge in [0.1, 0.15) is 0 Å². The molecule has 0 bridgehead atoms. The number of rotatable bonds is 4. The van der Waals surface area contributed by atoms with E-state index in [0.29, 0.717) is 12.1 Å². The van der Waals surface area contributed by atoms with Gasteiger partial charge in [-0.15, -0.1) is 0 Å². The Labute approximate surface area is 82.2 Å². The molecular formula is C8H15N3O3. The predicted molar refractivity (Wildman–Crippen MR) is 49.5 cm³/mol. The number of nitrogens with one attached hydrogen (secondary N) is 2. The first-order chi connectivity index (χ1) is 6.61. The van der Waals surface area contributed by atoms with Crippen LogP contribution in [0.2, 0.25) is 0 Å². The molecule has 0 aromatic heterocycles. The van der Waals surface area contributed by atoms with E-state index in [1.54, 1.807) is 7.11 Å². The summed E-state index contributed by atoms with van der Waals surface area (Å²) in [4.78, 5) is 21.2. The molecule has 0 radical (unpaired) electrons. The molecule has 1 aliphatic carbocycles. The maximum Gasteiger partial charge on any atom is 0.318 e. The van der Waals surface area contributed by atoms with Gasteiger partial charge in [0.2, 0.25) is 5.91 Å². The molecule has 0 aliphatic heterocycles. The van der Waals surface area contributed by atoms with Crippen molar-refractivity contribution in [3.8, 4) is 0 Å². The summed E-state index contributed by atoms with van der Waals surface area (Å²) in [5, 5.41) is 4.97. The highest BCUT2D eigenvalue weighted by molar-refractivity contribution is 5.94. The van der Waals surface area contributed by atoms with E-state index >= 15 is 0 Å². The highest BCUT2D eigenvalue weighted by Crippen LogP contribution is 2.21. The summed E-state index contributed by atoms with van der Waals surface area (Å²) < 4.78 is 5.07. The summed E-state index contributed by atoms with van der Waals surface area (Å²) in [5.74, 6) is -0.404. The van der Waals surface area contributed by atoms with Crippen LogP contribution >= 0.6 is 0 Å². The first-order valence-electron chi connectivity index (χ1n) is 4.47. The number of primary amides is 1. The number of hydrogen-bond donors (Lipinski definition) is 3. The van der Waals surface area contributed by atoms with Crippen LogP contribution in [0.3, 0.4) is 0 Å². The fourth-order valence-electron chi connectivity index (χ4n) is 1.34. The second-order valence-electron chi connectivity index (χ2n) is 3.32. The van der Waals surface area contributed by atoms with Crippen LogP contribution < -0.4 is 16.4 Å². The van der Waals surface area contributed by atoms with Gasteiger partial charge in [0, 0.05) is 13.2 Å². The second-order valence-corrected chi connectivity index (χ2v) is 3.32. The fourth-order valence-corrected chi connectivity index (χ4v) is 1.34. The van der Waals surface area contributed by atoms with E-state index in [4.69, 9.17) is 10.5 Å². The van der Waals surface area contributed by atoms with Crippen molar-refractivity contribution in [2.24, 2.45) is 5.73 Å². The number of carbonyl (C=O) groups is 2. The van der Waals surface area contributed by atoms with Crippen LogP contribution in [-0.4, -0.2) is 37.7 Å². The Morgan fingerprint density at radius 2 is 2.14 bits per heavy atom. The molecule has 0 unspecified atom stereocenters. The van der Waals surface area contributed by atoms with Gasteiger partial charge in [-0.2, -0.15) is 0 Å². The lowest BCUT2D eigenvalue weighted by Gasteiger charge is -2.34. The lowest BCUT2D eigenvalue weighted by atomic mass is 9.89. The number of methoxy groups -OCH3 is 1. The van der Waals surface area contributed by atoms with Crippen LogP contribution in [0.4, 0.5) is 4.79 Å². The predicted octanol–water partition coefficient (Wildman–Crippen LogP) is -1.05. The normalized spacial score (nSPS) is 25.2. The average molecular weight is 201 g/mol. The molecule has 4 N–H and O–H groups in total. The minimum Gasteiger partial charge on any atom is -0.381 e. The Balaban J connectivity index is 2.04. The zero-order valence-electron chi connectivity index (χ0n) is 8.08. The van der Waals surface area contributed by atoms with Gasteiger partial charge in [-0.1, -0.05) is 0 Å². The third kappa shape index (κ3) is 3.31. The molecule has 1 rings (SSSR count). The molecule has 0 saturated heterocycles. The van der Waals surface area contributed by atoms with Crippen LogP contribution in [0.15, 0.2) is 0 Å². The monoisotopic (exact) mass is 201 g/mol. The van der Waals surface area contributed by atoms with Gasteiger partial charge in [-0.25, -0.2) is 4.79 Å². The van der Waals surface area contributed by atoms with Crippen LogP contribution in [0.1, 0.15) is 12.8 Å². The molecule has 80 valence electrons. The number of nitrogens with two attached hydrogens (primary N) is 1. The molecule has 1 fully saturated rings.